The van der Waals surface area contributed by atoms with Crippen LogP contribution in [-0.4, -0.2) is 62.5 Å². The molecule has 4 N–H and O–H groups in total. The molecule has 2 aromatic carbocycles. The minimum Gasteiger partial charge on any atom is -0.493 e. The molecule has 0 aromatic heterocycles. The van der Waals surface area contributed by atoms with Crippen LogP contribution in [0.1, 0.15) is 57.7 Å². The highest BCUT2D eigenvalue weighted by Gasteiger charge is 2.15. The molecule has 0 aliphatic rings. The van der Waals surface area contributed by atoms with E-state index in [1.54, 1.807) is 32.0 Å². The van der Waals surface area contributed by atoms with Crippen molar-refractivity contribution in [1.82, 2.24) is 0 Å². The van der Waals surface area contributed by atoms with E-state index in [9.17, 15) is 16.8 Å². The Labute approximate surface area is 240 Å². The number of ether oxygens (including phenoxy) is 4. The van der Waals surface area contributed by atoms with Crippen LogP contribution >= 0.6 is 0 Å². The number of benzene rings is 2. The van der Waals surface area contributed by atoms with Gasteiger partial charge in [0.1, 0.15) is 9.84 Å². The number of sulfone groups is 2. The molecule has 0 bridgehead atoms. The lowest BCUT2D eigenvalue weighted by Gasteiger charge is -2.15. The highest BCUT2D eigenvalue weighted by molar-refractivity contribution is 7.93. The molecule has 0 fully saturated rings. The van der Waals surface area contributed by atoms with Crippen LogP contribution in [0.4, 0.5) is 0 Å². The summed E-state index contributed by atoms with van der Waals surface area (Å²) in [6, 6.07) is 6.64. The van der Waals surface area contributed by atoms with Crippen molar-refractivity contribution in [3.8, 4) is 23.0 Å². The predicted molar refractivity (Wildman–Crippen MR) is 160 cm³/mol. The first-order chi connectivity index (χ1) is 19.3. The zero-order chi connectivity index (χ0) is 32.9. The molecule has 0 radical (unpaired) electrons. The second-order valence-electron chi connectivity index (χ2n) is 7.29. The molecule has 0 amide bonds. The third kappa shape index (κ3) is 14.7. The van der Waals surface area contributed by atoms with Gasteiger partial charge in [-0.2, -0.15) is 0 Å². The van der Waals surface area contributed by atoms with Gasteiger partial charge >= 0.3 is 0 Å². The Hall–Kier alpha value is -2.96. The maximum Gasteiger partial charge on any atom is 0.170 e. The molecule has 0 aliphatic heterocycles. The Bertz CT molecular complexity index is 1400. The molecular formula is C27H46N2O8S2. The van der Waals surface area contributed by atoms with Gasteiger partial charge in [0.2, 0.25) is 0 Å². The highest BCUT2D eigenvalue weighted by atomic mass is 32.2. The van der Waals surface area contributed by atoms with Crippen LogP contribution in [0.5, 0.6) is 23.0 Å². The van der Waals surface area contributed by atoms with Gasteiger partial charge in [0.05, 0.1) is 45.6 Å². The van der Waals surface area contributed by atoms with Gasteiger partial charge in [-0.3, -0.25) is 0 Å². The largest absolute Gasteiger partial charge is 0.493 e. The highest BCUT2D eigenvalue weighted by Crippen LogP contribution is 2.31. The van der Waals surface area contributed by atoms with Crippen LogP contribution in [0.25, 0.3) is 5.70 Å². The van der Waals surface area contributed by atoms with Gasteiger partial charge in [-0.15, -0.1) is 0 Å². The molecule has 2 aromatic rings. The van der Waals surface area contributed by atoms with Crippen molar-refractivity contribution < 1.29 is 41.3 Å². The van der Waals surface area contributed by atoms with Crippen molar-refractivity contribution in [1.29, 1.82) is 0 Å². The van der Waals surface area contributed by atoms with Crippen LogP contribution in [0.3, 0.4) is 0 Å². The maximum absolute atomic E-state index is 11.6. The fraction of sp³-hybridized carbons (Fsp3) is 0.481. The van der Waals surface area contributed by atoms with Crippen molar-refractivity contribution in [2.24, 2.45) is 11.5 Å². The van der Waals surface area contributed by atoms with E-state index < -0.39 is 31.4 Å². The molecular weight excluding hydrogens is 544 g/mol. The molecule has 0 saturated heterocycles. The number of nitrogens with two attached hydrogens (primary N) is 2. The lowest BCUT2D eigenvalue weighted by atomic mass is 10.1. The Morgan fingerprint density at radius 2 is 1.44 bits per heavy atom. The monoisotopic (exact) mass is 594 g/mol. The van der Waals surface area contributed by atoms with E-state index in [1.165, 1.54) is 32.4 Å². The zero-order valence-electron chi connectivity index (χ0n) is 26.9. The van der Waals surface area contributed by atoms with E-state index in [0.29, 0.717) is 49.2 Å². The Balaban J connectivity index is 0. The summed E-state index contributed by atoms with van der Waals surface area (Å²) in [7, 11) is -4.50. The summed E-state index contributed by atoms with van der Waals surface area (Å²) in [6.07, 6.45) is 1.79. The van der Waals surface area contributed by atoms with E-state index in [0.717, 1.165) is 11.7 Å². The normalized spacial score (nSPS) is 14.5. The van der Waals surface area contributed by atoms with Crippen LogP contribution in [0.15, 0.2) is 41.8 Å². The molecule has 2 rings (SSSR count). The van der Waals surface area contributed by atoms with Crippen LogP contribution in [-0.2, 0) is 19.7 Å². The van der Waals surface area contributed by atoms with Gasteiger partial charge in [-0.05, 0) is 49.7 Å². The molecule has 0 heterocycles. The van der Waals surface area contributed by atoms with Crippen LogP contribution in [0.2, 0.25) is 0 Å². The van der Waals surface area contributed by atoms with Crippen molar-refractivity contribution in [2.75, 3.05) is 45.6 Å². The first-order valence-corrected chi connectivity index (χ1v) is 15.2. The van der Waals surface area contributed by atoms with Gasteiger partial charge in [0, 0.05) is 28.2 Å². The van der Waals surface area contributed by atoms with Crippen LogP contribution in [0, 0.1) is 0 Å². The zero-order valence-corrected chi connectivity index (χ0v) is 24.5. The fourth-order valence-electron chi connectivity index (χ4n) is 2.79. The molecule has 224 valence electrons. The standard InChI is InChI=1S/C12H19NO4S.C12H17NO4S.C2H6.CH4/c2*1-4-17-12-7-9(5-6-11(12)16-2)10(13)8-18(3,14)15;1-2;/h5-7,10H,4,8,13H2,1-3H3;5-8H,4,13H2,1-3H3;1-2H3;1H4/t10-;;;/m1.../s1/i8D2,10D;;1D;. The summed E-state index contributed by atoms with van der Waals surface area (Å²) in [5.41, 5.74) is 9.15. The first-order valence-electron chi connectivity index (χ1n) is 13.6. The second-order valence-corrected chi connectivity index (χ2v) is 10.9. The van der Waals surface area contributed by atoms with E-state index in [1.807, 2.05) is 6.92 Å². The van der Waals surface area contributed by atoms with Gasteiger partial charge in [0.25, 0.3) is 0 Å². The van der Waals surface area contributed by atoms with Crippen LogP contribution < -0.4 is 30.4 Å². The summed E-state index contributed by atoms with van der Waals surface area (Å²) in [5.74, 6) is 1.76. The smallest absolute Gasteiger partial charge is 0.170 e. The SMILES string of the molecule is C.CCOc1cc(C(N)=CS(C)(=O)=O)ccc1OC.[2H]C([2H])([C@@]([2H])(N)c1ccc(OC)c(OCC)c1)S(C)(=O)=O.[2H]CC. The van der Waals surface area contributed by atoms with E-state index in [-0.39, 0.29) is 24.4 Å². The molecule has 0 aliphatic carbocycles. The molecule has 10 nitrogen and oxygen atoms in total. The van der Waals surface area contributed by atoms with Gasteiger partial charge in [0.15, 0.2) is 32.8 Å². The Morgan fingerprint density at radius 3 is 1.85 bits per heavy atom. The molecule has 0 spiro atoms. The molecule has 0 unspecified atom stereocenters. The maximum atomic E-state index is 11.6. The third-order valence-electron chi connectivity index (χ3n) is 4.21. The average molecular weight is 595 g/mol. The first kappa shape index (κ1) is 30.6. The lowest BCUT2D eigenvalue weighted by molar-refractivity contribution is 0.310. The summed E-state index contributed by atoms with van der Waals surface area (Å²) < 4.78 is 95.9. The van der Waals surface area contributed by atoms with Gasteiger partial charge in [-0.25, -0.2) is 16.8 Å². The predicted octanol–water partition coefficient (Wildman–Crippen LogP) is 4.20. The minimum atomic E-state index is -4.20. The van der Waals surface area contributed by atoms with Crippen molar-refractivity contribution in [2.45, 2.75) is 41.1 Å². The topological polar surface area (TPSA) is 157 Å². The van der Waals surface area contributed by atoms with Crippen molar-refractivity contribution in [3.05, 3.63) is 52.9 Å². The van der Waals surface area contributed by atoms with Gasteiger partial charge in [-0.1, -0.05) is 27.3 Å². The van der Waals surface area contributed by atoms with E-state index in [2.05, 4.69) is 0 Å². The van der Waals surface area contributed by atoms with E-state index >= 15 is 0 Å². The molecule has 39 heavy (non-hydrogen) atoms. The van der Waals surface area contributed by atoms with E-state index in [4.69, 9.17) is 35.9 Å². The summed E-state index contributed by atoms with van der Waals surface area (Å²) >= 11 is 0. The minimum absolute atomic E-state index is 0. The number of rotatable bonds is 11. The number of methoxy groups -OCH3 is 2. The third-order valence-corrected chi connectivity index (χ3v) is 5.48. The number of hydrogen-bond donors (Lipinski definition) is 2. The fourth-order valence-corrected chi connectivity index (χ4v) is 3.91. The number of hydrogen-bond acceptors (Lipinski definition) is 10. The van der Waals surface area contributed by atoms with Crippen molar-refractivity contribution in [3.63, 3.8) is 0 Å². The average Bonchev–Trinajstić information content (AvgIpc) is 2.88. The summed E-state index contributed by atoms with van der Waals surface area (Å²) in [4.78, 5) is 0. The quantitative estimate of drug-likeness (QED) is 0.386. The summed E-state index contributed by atoms with van der Waals surface area (Å²) in [6.45, 7) is 6.70. The van der Waals surface area contributed by atoms with Gasteiger partial charge < -0.3 is 30.4 Å². The molecule has 12 heteroatoms. The Morgan fingerprint density at radius 1 is 0.974 bits per heavy atom. The van der Waals surface area contributed by atoms with Crippen molar-refractivity contribution >= 4 is 25.4 Å². The second kappa shape index (κ2) is 18.3. The molecule has 1 atom stereocenters. The lowest BCUT2D eigenvalue weighted by Crippen LogP contribution is -2.20. The molecule has 0 saturated carbocycles. The Kier molecular flexibility index (Phi) is 14.4. The summed E-state index contributed by atoms with van der Waals surface area (Å²) in [5, 5.41) is 1.02.